The minimum Gasteiger partial charge on any atom is -0.595 e. The monoisotopic (exact) mass is 470 g/mol. The van der Waals surface area contributed by atoms with Gasteiger partial charge in [-0.05, 0) is 11.6 Å². The number of nitrogens with one attached hydrogen (secondary N) is 1. The number of fused-ring (bicyclic) bond motifs is 3. The molecule has 174 valence electrons. The summed E-state index contributed by atoms with van der Waals surface area (Å²) < 4.78 is 6.20. The molecule has 35 heavy (non-hydrogen) atoms. The predicted molar refractivity (Wildman–Crippen MR) is 120 cm³/mol. The van der Waals surface area contributed by atoms with Crippen molar-refractivity contribution in [2.24, 2.45) is 11.8 Å². The molecule has 1 unspecified atom stereocenters. The normalized spacial score (nSPS) is 25.3. The van der Waals surface area contributed by atoms with E-state index >= 15 is 0 Å². The van der Waals surface area contributed by atoms with E-state index in [4.69, 9.17) is 4.74 Å². The number of carbonyl (C=O) groups excluding carboxylic acids is 4. The number of rotatable bonds is 3. The second kappa shape index (κ2) is 7.49. The van der Waals surface area contributed by atoms with Crippen LogP contribution in [0.2, 0.25) is 0 Å². The average molecular weight is 470 g/mol. The lowest BCUT2D eigenvalue weighted by Crippen LogP contribution is -2.99. The highest BCUT2D eigenvalue weighted by atomic mass is 16.8. The topological polar surface area (TPSA) is 128 Å². The third-order valence-electron chi connectivity index (χ3n) is 7.00. The lowest BCUT2D eigenvalue weighted by Gasteiger charge is -2.27. The van der Waals surface area contributed by atoms with Gasteiger partial charge in [0.25, 0.3) is 0 Å². The lowest BCUT2D eigenvalue weighted by molar-refractivity contribution is -0.991. The maximum absolute atomic E-state index is 13.8. The SMILES string of the molecule is O=C1[C@@H]2[C@@H](c3ccccc3)OC3(C(=O)c4ccccc4C3=O)[C@@H]2C(=O)N1c1cccc([NH+]([O-])O)c1. The number of amides is 2. The zero-order valence-electron chi connectivity index (χ0n) is 18.1. The Morgan fingerprint density at radius 1 is 0.829 bits per heavy atom. The van der Waals surface area contributed by atoms with Crippen LogP contribution in [0.4, 0.5) is 11.4 Å². The van der Waals surface area contributed by atoms with E-state index in [2.05, 4.69) is 0 Å². The summed E-state index contributed by atoms with van der Waals surface area (Å²) in [4.78, 5) is 55.8. The van der Waals surface area contributed by atoms with Crippen molar-refractivity contribution in [2.45, 2.75) is 11.7 Å². The van der Waals surface area contributed by atoms with E-state index in [1.165, 1.54) is 36.4 Å². The van der Waals surface area contributed by atoms with Crippen molar-refractivity contribution in [1.82, 2.24) is 0 Å². The molecule has 3 aromatic carbocycles. The van der Waals surface area contributed by atoms with Crippen LogP contribution >= 0.6 is 0 Å². The maximum atomic E-state index is 13.8. The summed E-state index contributed by atoms with van der Waals surface area (Å²) >= 11 is 0. The summed E-state index contributed by atoms with van der Waals surface area (Å²) in [7, 11) is 0. The van der Waals surface area contributed by atoms with Gasteiger partial charge in [-0.15, -0.1) is 0 Å². The third kappa shape index (κ3) is 2.77. The molecule has 4 atom stereocenters. The molecule has 3 aromatic rings. The molecule has 1 spiro atoms. The molecule has 9 nitrogen and oxygen atoms in total. The van der Waals surface area contributed by atoms with Crippen LogP contribution in [0, 0.1) is 17.0 Å². The van der Waals surface area contributed by atoms with Crippen LogP contribution in [-0.2, 0) is 14.3 Å². The number of benzene rings is 3. The Hall–Kier alpha value is -4.02. The van der Waals surface area contributed by atoms with Gasteiger partial charge in [-0.3, -0.25) is 19.2 Å². The number of imide groups is 1. The lowest BCUT2D eigenvalue weighted by atomic mass is 9.77. The second-order valence-electron chi connectivity index (χ2n) is 8.76. The van der Waals surface area contributed by atoms with Crippen LogP contribution in [-0.4, -0.2) is 34.2 Å². The number of hydrogen-bond donors (Lipinski definition) is 2. The number of ketones is 2. The van der Waals surface area contributed by atoms with Gasteiger partial charge in [-0.2, -0.15) is 5.23 Å². The molecule has 2 aliphatic heterocycles. The third-order valence-corrected chi connectivity index (χ3v) is 7.00. The molecule has 6 rings (SSSR count). The first kappa shape index (κ1) is 21.5. The van der Waals surface area contributed by atoms with Gasteiger partial charge in [0, 0.05) is 23.3 Å². The first-order valence-corrected chi connectivity index (χ1v) is 11.0. The van der Waals surface area contributed by atoms with Gasteiger partial charge in [-0.25, -0.2) is 10.1 Å². The molecule has 2 amide bonds. The average Bonchev–Trinajstić information content (AvgIpc) is 3.44. The van der Waals surface area contributed by atoms with Gasteiger partial charge in [-0.1, -0.05) is 60.7 Å². The standard InChI is InChI=1S/C26H18N2O7/c29-22-17-11-4-5-12-18(17)23(30)26(22)20-19(21(35-26)14-7-2-1-3-8-14)24(31)27(25(20)32)15-9-6-10-16(13-15)28(33)34/h1-13,19-21,28,33H/t19-,20-,21+/m0/s1. The van der Waals surface area contributed by atoms with Crippen LogP contribution in [0.3, 0.4) is 0 Å². The van der Waals surface area contributed by atoms with Crippen LogP contribution in [0.5, 0.6) is 0 Å². The first-order valence-electron chi connectivity index (χ1n) is 11.0. The van der Waals surface area contributed by atoms with Gasteiger partial charge in [0.15, 0.2) is 5.69 Å². The van der Waals surface area contributed by atoms with E-state index < -0.39 is 52.1 Å². The number of nitrogens with zero attached hydrogens (tertiary/aromatic N) is 1. The summed E-state index contributed by atoms with van der Waals surface area (Å²) in [5.41, 5.74) is -1.36. The highest BCUT2D eigenvalue weighted by molar-refractivity contribution is 6.37. The fraction of sp³-hybridized carbons (Fsp3) is 0.154. The summed E-state index contributed by atoms with van der Waals surface area (Å²) in [6.07, 6.45) is -1.02. The second-order valence-corrected chi connectivity index (χ2v) is 8.76. The maximum Gasteiger partial charge on any atom is 0.241 e. The highest BCUT2D eigenvalue weighted by Gasteiger charge is 2.74. The highest BCUT2D eigenvalue weighted by Crippen LogP contribution is 2.57. The molecule has 2 heterocycles. The molecule has 2 saturated heterocycles. The Balaban J connectivity index is 1.53. The van der Waals surface area contributed by atoms with Crippen molar-refractivity contribution in [3.8, 4) is 0 Å². The summed E-state index contributed by atoms with van der Waals surface area (Å²) in [5.74, 6) is -5.23. The number of Topliss-reactive ketones (excluding diaryl/α,β-unsaturated/α-hetero) is 2. The van der Waals surface area contributed by atoms with E-state index in [0.717, 1.165) is 4.90 Å². The molecule has 0 saturated carbocycles. The smallest absolute Gasteiger partial charge is 0.241 e. The van der Waals surface area contributed by atoms with E-state index in [-0.39, 0.29) is 22.5 Å². The molecule has 0 radical (unpaired) electrons. The predicted octanol–water partition coefficient (Wildman–Crippen LogP) is 1.79. The molecule has 2 fully saturated rings. The van der Waals surface area contributed by atoms with Crippen molar-refractivity contribution in [2.75, 3.05) is 4.90 Å². The quantitative estimate of drug-likeness (QED) is 0.339. The minimum atomic E-state index is -2.17. The van der Waals surface area contributed by atoms with E-state index in [1.807, 2.05) is 0 Å². The van der Waals surface area contributed by atoms with Crippen LogP contribution in [0.15, 0.2) is 78.9 Å². The number of carbonyl (C=O) groups is 4. The number of quaternary nitrogens is 1. The van der Waals surface area contributed by atoms with Gasteiger partial charge >= 0.3 is 0 Å². The molecular weight excluding hydrogens is 452 g/mol. The van der Waals surface area contributed by atoms with E-state index in [9.17, 15) is 29.6 Å². The van der Waals surface area contributed by atoms with Crippen molar-refractivity contribution in [3.05, 3.63) is 101 Å². The Labute approximate surface area is 198 Å². The van der Waals surface area contributed by atoms with Gasteiger partial charge in [0.2, 0.25) is 29.0 Å². The Morgan fingerprint density at radius 3 is 2.09 bits per heavy atom. The Bertz CT molecular complexity index is 1380. The number of hydrogen-bond acceptors (Lipinski definition) is 7. The minimum absolute atomic E-state index is 0.0617. The summed E-state index contributed by atoms with van der Waals surface area (Å²) in [6.45, 7) is 0. The van der Waals surface area contributed by atoms with Crippen molar-refractivity contribution < 1.29 is 34.3 Å². The number of anilines is 1. The van der Waals surface area contributed by atoms with E-state index in [1.54, 1.807) is 42.5 Å². The van der Waals surface area contributed by atoms with Crippen molar-refractivity contribution >= 4 is 34.8 Å². The van der Waals surface area contributed by atoms with Gasteiger partial charge in [0.05, 0.1) is 23.6 Å². The fourth-order valence-corrected chi connectivity index (χ4v) is 5.49. The molecule has 0 bridgehead atoms. The Kier molecular flexibility index (Phi) is 4.60. The fourth-order valence-electron chi connectivity index (χ4n) is 5.49. The zero-order chi connectivity index (χ0) is 24.5. The zero-order valence-corrected chi connectivity index (χ0v) is 18.1. The van der Waals surface area contributed by atoms with Crippen LogP contribution < -0.4 is 10.1 Å². The molecule has 9 heteroatoms. The largest absolute Gasteiger partial charge is 0.595 e. The molecule has 2 N–H and O–H groups in total. The van der Waals surface area contributed by atoms with Crippen molar-refractivity contribution in [3.63, 3.8) is 0 Å². The molecular formula is C26H18N2O7. The molecule has 3 aliphatic rings. The van der Waals surface area contributed by atoms with Crippen LogP contribution in [0.25, 0.3) is 0 Å². The van der Waals surface area contributed by atoms with Crippen LogP contribution in [0.1, 0.15) is 32.4 Å². The summed E-state index contributed by atoms with van der Waals surface area (Å²) in [5, 5.41) is 19.6. The molecule has 0 aromatic heterocycles. The number of ether oxygens (including phenoxy) is 1. The molecule has 1 aliphatic carbocycles. The first-order chi connectivity index (χ1) is 16.9. The van der Waals surface area contributed by atoms with Gasteiger partial charge < -0.3 is 9.94 Å². The van der Waals surface area contributed by atoms with E-state index in [0.29, 0.717) is 5.56 Å². The van der Waals surface area contributed by atoms with Crippen molar-refractivity contribution in [1.29, 1.82) is 0 Å². The summed E-state index contributed by atoms with van der Waals surface area (Å²) in [6, 6.07) is 20.4. The Morgan fingerprint density at radius 2 is 1.46 bits per heavy atom. The van der Waals surface area contributed by atoms with Gasteiger partial charge in [0.1, 0.15) is 0 Å².